The minimum Gasteiger partial charge on any atom is -0.508 e. The summed E-state index contributed by atoms with van der Waals surface area (Å²) in [5, 5.41) is 13.4. The molecule has 3 rings (SSSR count). The van der Waals surface area contributed by atoms with Crippen LogP contribution in [0.25, 0.3) is 10.9 Å². The van der Waals surface area contributed by atoms with Gasteiger partial charge in [-0.2, -0.15) is 0 Å². The Balaban J connectivity index is 1.59. The van der Waals surface area contributed by atoms with E-state index < -0.39 is 5.92 Å². The summed E-state index contributed by atoms with van der Waals surface area (Å²) in [6.45, 7) is 1.19. The lowest BCUT2D eigenvalue weighted by Gasteiger charge is -2.28. The van der Waals surface area contributed by atoms with Crippen LogP contribution in [0.5, 0.6) is 5.75 Å². The number of fused-ring (bicyclic) bond motifs is 1. The minimum atomic E-state index is -0.555. The molecule has 1 fully saturated rings. The number of rotatable bonds is 4. The number of nitrogens with zero attached hydrogens (tertiary/aromatic N) is 1. The Labute approximate surface area is 134 Å². The number of benzene rings is 1. The molecule has 2 amide bonds. The van der Waals surface area contributed by atoms with Gasteiger partial charge in [-0.15, -0.1) is 0 Å². The van der Waals surface area contributed by atoms with Crippen molar-refractivity contribution in [2.75, 3.05) is 20.1 Å². The average Bonchev–Trinajstić information content (AvgIpc) is 2.92. The highest BCUT2D eigenvalue weighted by Gasteiger charge is 2.31. The van der Waals surface area contributed by atoms with Crippen molar-refractivity contribution >= 4 is 22.7 Å². The number of amides is 2. The fourth-order valence-electron chi connectivity index (χ4n) is 3.09. The third kappa shape index (κ3) is 3.16. The molecule has 122 valence electrons. The second-order valence-corrected chi connectivity index (χ2v) is 6.04. The van der Waals surface area contributed by atoms with Gasteiger partial charge in [-0.3, -0.25) is 9.59 Å². The molecular formula is C17H21N3O3. The number of carbonyl (C=O) groups excluding carboxylic acids is 2. The van der Waals surface area contributed by atoms with Crippen LogP contribution in [-0.2, 0) is 16.0 Å². The number of nitrogens with one attached hydrogen (secondary N) is 2. The second kappa shape index (κ2) is 6.32. The molecule has 1 aliphatic heterocycles. The Morgan fingerprint density at radius 3 is 3.13 bits per heavy atom. The fourth-order valence-corrected chi connectivity index (χ4v) is 3.09. The topological polar surface area (TPSA) is 85.4 Å². The standard InChI is InChI=1S/C17H21N3O3/c1-20-8-2-3-13(17(20)23)16(22)18-7-6-11-10-19-15-5-4-12(21)9-14(11)15/h4-5,9-10,13,19,21H,2-3,6-8H2,1H3,(H,18,22). The highest BCUT2D eigenvalue weighted by Crippen LogP contribution is 2.23. The predicted octanol–water partition coefficient (Wildman–Crippen LogP) is 1.40. The van der Waals surface area contributed by atoms with E-state index in [0.717, 1.165) is 29.4 Å². The Kier molecular flexibility index (Phi) is 4.23. The summed E-state index contributed by atoms with van der Waals surface area (Å²) in [4.78, 5) is 29.0. The number of aromatic nitrogens is 1. The molecule has 1 unspecified atom stereocenters. The first-order chi connectivity index (χ1) is 11.1. The van der Waals surface area contributed by atoms with Crippen molar-refractivity contribution < 1.29 is 14.7 Å². The Hall–Kier alpha value is -2.50. The molecule has 2 heterocycles. The molecule has 1 aliphatic rings. The van der Waals surface area contributed by atoms with Gasteiger partial charge in [-0.25, -0.2) is 0 Å². The third-order valence-corrected chi connectivity index (χ3v) is 4.42. The van der Waals surface area contributed by atoms with Crippen molar-refractivity contribution in [3.63, 3.8) is 0 Å². The largest absolute Gasteiger partial charge is 0.508 e. The van der Waals surface area contributed by atoms with E-state index in [1.54, 1.807) is 24.1 Å². The lowest BCUT2D eigenvalue weighted by atomic mass is 9.96. The summed E-state index contributed by atoms with van der Waals surface area (Å²) in [6, 6.07) is 5.17. The van der Waals surface area contributed by atoms with Crippen molar-refractivity contribution in [1.29, 1.82) is 0 Å². The maximum absolute atomic E-state index is 12.2. The van der Waals surface area contributed by atoms with Crippen LogP contribution in [0.1, 0.15) is 18.4 Å². The Morgan fingerprint density at radius 1 is 1.48 bits per heavy atom. The summed E-state index contributed by atoms with van der Waals surface area (Å²) in [7, 11) is 1.74. The van der Waals surface area contributed by atoms with Gasteiger partial charge in [0.1, 0.15) is 11.7 Å². The zero-order valence-corrected chi connectivity index (χ0v) is 13.1. The molecule has 0 bridgehead atoms. The minimum absolute atomic E-state index is 0.0919. The summed E-state index contributed by atoms with van der Waals surface area (Å²) >= 11 is 0. The summed E-state index contributed by atoms with van der Waals surface area (Å²) < 4.78 is 0. The van der Waals surface area contributed by atoms with Crippen LogP contribution >= 0.6 is 0 Å². The first-order valence-corrected chi connectivity index (χ1v) is 7.88. The van der Waals surface area contributed by atoms with Gasteiger partial charge in [0.15, 0.2) is 0 Å². The summed E-state index contributed by atoms with van der Waals surface area (Å²) in [6.07, 6.45) is 4.01. The number of H-pyrrole nitrogens is 1. The maximum atomic E-state index is 12.2. The second-order valence-electron chi connectivity index (χ2n) is 6.04. The van der Waals surface area contributed by atoms with E-state index in [2.05, 4.69) is 10.3 Å². The van der Waals surface area contributed by atoms with Crippen molar-refractivity contribution in [2.45, 2.75) is 19.3 Å². The molecule has 23 heavy (non-hydrogen) atoms. The first-order valence-electron chi connectivity index (χ1n) is 7.88. The van der Waals surface area contributed by atoms with Crippen LogP contribution in [-0.4, -0.2) is 46.9 Å². The number of piperidine rings is 1. The number of carbonyl (C=O) groups is 2. The molecule has 6 heteroatoms. The number of phenolic OH excluding ortho intramolecular Hbond substituents is 1. The molecule has 1 aromatic heterocycles. The molecule has 0 spiro atoms. The van der Waals surface area contributed by atoms with Crippen molar-refractivity contribution in [3.8, 4) is 5.75 Å². The van der Waals surface area contributed by atoms with Gasteiger partial charge >= 0.3 is 0 Å². The molecule has 0 saturated carbocycles. The lowest BCUT2D eigenvalue weighted by molar-refractivity contribution is -0.143. The molecular weight excluding hydrogens is 294 g/mol. The molecule has 1 aromatic carbocycles. The fraction of sp³-hybridized carbons (Fsp3) is 0.412. The van der Waals surface area contributed by atoms with Gasteiger partial charge in [0.2, 0.25) is 11.8 Å². The smallest absolute Gasteiger partial charge is 0.234 e. The first kappa shape index (κ1) is 15.4. The van der Waals surface area contributed by atoms with E-state index >= 15 is 0 Å². The number of likely N-dealkylation sites (tertiary alicyclic amines) is 1. The number of phenols is 1. The van der Waals surface area contributed by atoms with E-state index in [0.29, 0.717) is 19.4 Å². The number of hydrogen-bond donors (Lipinski definition) is 3. The van der Waals surface area contributed by atoms with Crippen molar-refractivity contribution in [3.05, 3.63) is 30.0 Å². The summed E-state index contributed by atoms with van der Waals surface area (Å²) in [5.41, 5.74) is 1.98. The van der Waals surface area contributed by atoms with Gasteiger partial charge in [0.25, 0.3) is 0 Å². The Bertz CT molecular complexity index is 738. The number of aromatic amines is 1. The molecule has 0 radical (unpaired) electrons. The molecule has 2 aromatic rings. The normalized spacial score (nSPS) is 18.4. The van der Waals surface area contributed by atoms with E-state index in [9.17, 15) is 14.7 Å². The van der Waals surface area contributed by atoms with Gasteiger partial charge in [-0.05, 0) is 43.0 Å². The van der Waals surface area contributed by atoms with E-state index in [1.165, 1.54) is 0 Å². The third-order valence-electron chi connectivity index (χ3n) is 4.42. The van der Waals surface area contributed by atoms with Crippen molar-refractivity contribution in [1.82, 2.24) is 15.2 Å². The van der Waals surface area contributed by atoms with Crippen LogP contribution < -0.4 is 5.32 Å². The van der Waals surface area contributed by atoms with Gasteiger partial charge in [0, 0.05) is 37.2 Å². The zero-order valence-electron chi connectivity index (χ0n) is 13.1. The molecule has 3 N–H and O–H groups in total. The monoisotopic (exact) mass is 315 g/mol. The van der Waals surface area contributed by atoms with Crippen LogP contribution in [0.4, 0.5) is 0 Å². The number of aromatic hydroxyl groups is 1. The highest BCUT2D eigenvalue weighted by atomic mass is 16.3. The summed E-state index contributed by atoms with van der Waals surface area (Å²) in [5.74, 6) is -0.617. The van der Waals surface area contributed by atoms with Gasteiger partial charge in [0.05, 0.1) is 0 Å². The SMILES string of the molecule is CN1CCCC(C(=O)NCCc2c[nH]c3ccc(O)cc23)C1=O. The van der Waals surface area contributed by atoms with Crippen LogP contribution in [0.2, 0.25) is 0 Å². The number of hydrogen-bond acceptors (Lipinski definition) is 3. The van der Waals surface area contributed by atoms with Crippen molar-refractivity contribution in [2.24, 2.45) is 5.92 Å². The van der Waals surface area contributed by atoms with Crippen LogP contribution in [0.15, 0.2) is 24.4 Å². The van der Waals surface area contributed by atoms with E-state index in [-0.39, 0.29) is 17.6 Å². The van der Waals surface area contributed by atoms with E-state index in [1.807, 2.05) is 12.3 Å². The molecule has 1 saturated heterocycles. The Morgan fingerprint density at radius 2 is 2.30 bits per heavy atom. The van der Waals surface area contributed by atoms with Gasteiger partial charge < -0.3 is 20.3 Å². The quantitative estimate of drug-likeness (QED) is 0.746. The van der Waals surface area contributed by atoms with Crippen LogP contribution in [0, 0.1) is 5.92 Å². The highest BCUT2D eigenvalue weighted by molar-refractivity contribution is 6.00. The van der Waals surface area contributed by atoms with Crippen LogP contribution in [0.3, 0.4) is 0 Å². The zero-order chi connectivity index (χ0) is 16.4. The molecule has 1 atom stereocenters. The van der Waals surface area contributed by atoms with Gasteiger partial charge in [-0.1, -0.05) is 0 Å². The predicted molar refractivity (Wildman–Crippen MR) is 87.0 cm³/mol. The van der Waals surface area contributed by atoms with E-state index in [4.69, 9.17) is 0 Å². The average molecular weight is 315 g/mol. The lowest BCUT2D eigenvalue weighted by Crippen LogP contribution is -2.46. The molecule has 6 nitrogen and oxygen atoms in total. The maximum Gasteiger partial charge on any atom is 0.234 e. The molecule has 0 aliphatic carbocycles.